The van der Waals surface area contributed by atoms with Crippen LogP contribution in [0.1, 0.15) is 12.8 Å². The first kappa shape index (κ1) is 7.50. The molecule has 0 spiro atoms. The average molecular weight is 145 g/mol. The minimum atomic E-state index is -1.14. The van der Waals surface area contributed by atoms with Crippen LogP contribution in [-0.2, 0) is 4.79 Å². The first-order chi connectivity index (χ1) is 4.61. The molecule has 2 atom stereocenters. The maximum absolute atomic E-state index is 10.4. The summed E-state index contributed by atoms with van der Waals surface area (Å²) in [7, 11) is 0. The van der Waals surface area contributed by atoms with Crippen molar-refractivity contribution in [2.24, 2.45) is 11.7 Å². The molecular formula is C6H11NO3. The van der Waals surface area contributed by atoms with Crippen LogP contribution in [0.25, 0.3) is 0 Å². The lowest BCUT2D eigenvalue weighted by molar-refractivity contribution is -0.151. The van der Waals surface area contributed by atoms with Gasteiger partial charge < -0.3 is 15.9 Å². The van der Waals surface area contributed by atoms with Gasteiger partial charge in [-0.3, -0.25) is 4.79 Å². The molecule has 0 radical (unpaired) electrons. The Morgan fingerprint density at radius 2 is 2.40 bits per heavy atom. The summed E-state index contributed by atoms with van der Waals surface area (Å²) >= 11 is 0. The van der Waals surface area contributed by atoms with Crippen LogP contribution < -0.4 is 5.73 Å². The van der Waals surface area contributed by atoms with Gasteiger partial charge >= 0.3 is 5.97 Å². The lowest BCUT2D eigenvalue weighted by Crippen LogP contribution is -2.61. The van der Waals surface area contributed by atoms with Gasteiger partial charge in [-0.25, -0.2) is 0 Å². The number of aliphatic hydroxyl groups excluding tert-OH is 1. The maximum Gasteiger partial charge on any atom is 0.324 e. The Labute approximate surface area is 58.6 Å². The molecule has 0 aromatic rings. The highest BCUT2D eigenvalue weighted by molar-refractivity contribution is 5.80. The van der Waals surface area contributed by atoms with Gasteiger partial charge in [0.05, 0.1) is 0 Å². The maximum atomic E-state index is 10.4. The molecule has 0 amide bonds. The zero-order valence-electron chi connectivity index (χ0n) is 5.58. The molecule has 0 heterocycles. The molecule has 58 valence electrons. The van der Waals surface area contributed by atoms with E-state index in [1.54, 1.807) is 0 Å². The molecule has 10 heavy (non-hydrogen) atoms. The fourth-order valence-electron chi connectivity index (χ4n) is 1.20. The summed E-state index contributed by atoms with van der Waals surface area (Å²) < 4.78 is 0. The quantitative estimate of drug-likeness (QED) is 0.473. The van der Waals surface area contributed by atoms with Crippen LogP contribution in [-0.4, -0.2) is 28.3 Å². The van der Waals surface area contributed by atoms with Crippen molar-refractivity contribution in [2.75, 3.05) is 6.61 Å². The summed E-state index contributed by atoms with van der Waals surface area (Å²) in [5.41, 5.74) is 4.30. The number of nitrogens with two attached hydrogens (primary N) is 1. The van der Waals surface area contributed by atoms with Crippen molar-refractivity contribution in [3.05, 3.63) is 0 Å². The van der Waals surface area contributed by atoms with Crippen LogP contribution in [0.5, 0.6) is 0 Å². The summed E-state index contributed by atoms with van der Waals surface area (Å²) in [5, 5.41) is 17.2. The van der Waals surface area contributed by atoms with Crippen LogP contribution in [0.4, 0.5) is 0 Å². The molecule has 0 aromatic heterocycles. The summed E-state index contributed by atoms with van der Waals surface area (Å²) in [6, 6.07) is 0. The van der Waals surface area contributed by atoms with Crippen molar-refractivity contribution >= 4 is 5.97 Å². The molecule has 4 heteroatoms. The number of carbonyl (C=O) groups is 1. The number of hydrogen-bond donors (Lipinski definition) is 3. The summed E-state index contributed by atoms with van der Waals surface area (Å²) in [6.45, 7) is -0.122. The highest BCUT2D eigenvalue weighted by Crippen LogP contribution is 2.35. The van der Waals surface area contributed by atoms with Gasteiger partial charge in [0.15, 0.2) is 0 Å². The number of aliphatic carboxylic acids is 1. The van der Waals surface area contributed by atoms with E-state index in [1.165, 1.54) is 0 Å². The molecule has 1 fully saturated rings. The topological polar surface area (TPSA) is 83.6 Å². The Morgan fingerprint density at radius 1 is 1.80 bits per heavy atom. The molecule has 1 saturated carbocycles. The molecule has 0 saturated heterocycles. The van der Waals surface area contributed by atoms with E-state index in [0.717, 1.165) is 6.42 Å². The molecule has 1 aliphatic carbocycles. The number of rotatable bonds is 2. The van der Waals surface area contributed by atoms with Crippen molar-refractivity contribution in [1.29, 1.82) is 0 Å². The monoisotopic (exact) mass is 145 g/mol. The van der Waals surface area contributed by atoms with Crippen LogP contribution in [0.2, 0.25) is 0 Å². The number of carboxylic acids is 1. The molecule has 1 aliphatic rings. The highest BCUT2D eigenvalue weighted by atomic mass is 16.4. The van der Waals surface area contributed by atoms with Gasteiger partial charge in [0, 0.05) is 12.5 Å². The predicted octanol–water partition coefficient (Wildman–Crippen LogP) is -0.829. The second-order valence-electron chi connectivity index (χ2n) is 2.76. The fraction of sp³-hybridized carbons (Fsp3) is 0.833. The molecule has 4 nitrogen and oxygen atoms in total. The van der Waals surface area contributed by atoms with E-state index < -0.39 is 11.5 Å². The van der Waals surface area contributed by atoms with Gasteiger partial charge in [-0.05, 0) is 12.8 Å². The predicted molar refractivity (Wildman–Crippen MR) is 34.4 cm³/mol. The lowest BCUT2D eigenvalue weighted by atomic mass is 9.68. The van der Waals surface area contributed by atoms with E-state index >= 15 is 0 Å². The zero-order chi connectivity index (χ0) is 7.78. The van der Waals surface area contributed by atoms with Gasteiger partial charge in [0.2, 0.25) is 0 Å². The molecule has 0 unspecified atom stereocenters. The SMILES string of the molecule is N[C@]1(C(=O)O)CC[C@@H]1CO. The van der Waals surface area contributed by atoms with E-state index in [2.05, 4.69) is 0 Å². The fourth-order valence-corrected chi connectivity index (χ4v) is 1.20. The Balaban J connectivity index is 2.61. The summed E-state index contributed by atoms with van der Waals surface area (Å²) in [6.07, 6.45) is 1.20. The molecule has 4 N–H and O–H groups in total. The Bertz CT molecular complexity index is 157. The van der Waals surface area contributed by atoms with Gasteiger partial charge in [-0.15, -0.1) is 0 Å². The standard InChI is InChI=1S/C6H11NO3/c7-6(5(9)10)2-1-4(6)3-8/h4,8H,1-3,7H2,(H,9,10)/t4-,6-/m1/s1. The van der Waals surface area contributed by atoms with E-state index in [1.807, 2.05) is 0 Å². The summed E-state index contributed by atoms with van der Waals surface area (Å²) in [5.74, 6) is -1.25. The van der Waals surface area contributed by atoms with Crippen LogP contribution in [0, 0.1) is 5.92 Å². The van der Waals surface area contributed by atoms with Crippen molar-refractivity contribution in [3.8, 4) is 0 Å². The van der Waals surface area contributed by atoms with Gasteiger partial charge in [-0.2, -0.15) is 0 Å². The summed E-state index contributed by atoms with van der Waals surface area (Å²) in [4.78, 5) is 10.4. The number of hydrogen-bond acceptors (Lipinski definition) is 3. The van der Waals surface area contributed by atoms with E-state index in [0.29, 0.717) is 6.42 Å². The second kappa shape index (κ2) is 2.21. The first-order valence-electron chi connectivity index (χ1n) is 3.24. The Kier molecular flexibility index (Phi) is 1.66. The zero-order valence-corrected chi connectivity index (χ0v) is 5.58. The number of carboxylic acid groups (broad SMARTS) is 1. The van der Waals surface area contributed by atoms with Crippen molar-refractivity contribution in [1.82, 2.24) is 0 Å². The smallest absolute Gasteiger partial charge is 0.324 e. The normalized spacial score (nSPS) is 38.8. The molecule has 0 bridgehead atoms. The van der Waals surface area contributed by atoms with Gasteiger partial charge in [0.1, 0.15) is 5.54 Å². The van der Waals surface area contributed by atoms with Gasteiger partial charge in [-0.1, -0.05) is 0 Å². The van der Waals surface area contributed by atoms with Crippen LogP contribution in [0.3, 0.4) is 0 Å². The minimum absolute atomic E-state index is 0.122. The van der Waals surface area contributed by atoms with E-state index in [9.17, 15) is 4.79 Å². The Morgan fingerprint density at radius 3 is 2.50 bits per heavy atom. The average Bonchev–Trinajstić information content (AvgIpc) is 1.85. The van der Waals surface area contributed by atoms with Crippen molar-refractivity contribution < 1.29 is 15.0 Å². The third-order valence-electron chi connectivity index (χ3n) is 2.25. The van der Waals surface area contributed by atoms with Crippen molar-refractivity contribution in [3.63, 3.8) is 0 Å². The largest absolute Gasteiger partial charge is 0.480 e. The van der Waals surface area contributed by atoms with Crippen LogP contribution in [0.15, 0.2) is 0 Å². The molecular weight excluding hydrogens is 134 g/mol. The highest BCUT2D eigenvalue weighted by Gasteiger charge is 2.49. The molecule has 0 aliphatic heterocycles. The minimum Gasteiger partial charge on any atom is -0.480 e. The van der Waals surface area contributed by atoms with Crippen LogP contribution >= 0.6 is 0 Å². The van der Waals surface area contributed by atoms with Crippen molar-refractivity contribution in [2.45, 2.75) is 18.4 Å². The van der Waals surface area contributed by atoms with Gasteiger partial charge in [0.25, 0.3) is 0 Å². The third-order valence-corrected chi connectivity index (χ3v) is 2.25. The first-order valence-corrected chi connectivity index (χ1v) is 3.24. The Hall–Kier alpha value is -0.610. The van der Waals surface area contributed by atoms with E-state index in [4.69, 9.17) is 15.9 Å². The second-order valence-corrected chi connectivity index (χ2v) is 2.76. The number of aliphatic hydroxyl groups is 1. The molecule has 1 rings (SSSR count). The third kappa shape index (κ3) is 0.803. The molecule has 0 aromatic carbocycles. The lowest BCUT2D eigenvalue weighted by Gasteiger charge is -2.41. The van der Waals surface area contributed by atoms with E-state index in [-0.39, 0.29) is 12.5 Å².